The average molecular weight is 302 g/mol. The molecular formula is C11H9F3N4O3. The second-order valence-corrected chi connectivity index (χ2v) is 3.76. The first-order valence-electron chi connectivity index (χ1n) is 5.50. The fraction of sp³-hybridized carbons (Fsp3) is 0.273. The number of carbonyl (C=O) groups is 1. The number of rotatable bonds is 4. The van der Waals surface area contributed by atoms with Crippen LogP contribution in [0.3, 0.4) is 0 Å². The fourth-order valence-electron chi connectivity index (χ4n) is 1.77. The van der Waals surface area contributed by atoms with Gasteiger partial charge in [-0.05, 0) is 22.6 Å². The maximum absolute atomic E-state index is 12.8. The Labute approximate surface area is 116 Å². The number of halogens is 3. The molecule has 0 aliphatic carbocycles. The van der Waals surface area contributed by atoms with Crippen LogP contribution in [0, 0.1) is 0 Å². The molecule has 1 heterocycles. The highest BCUT2D eigenvalue weighted by Crippen LogP contribution is 2.35. The van der Waals surface area contributed by atoms with Crippen LogP contribution in [0.5, 0.6) is 11.5 Å². The van der Waals surface area contributed by atoms with Gasteiger partial charge >= 0.3 is 6.18 Å². The number of methoxy groups -OCH3 is 2. The van der Waals surface area contributed by atoms with E-state index in [-0.39, 0.29) is 22.7 Å². The summed E-state index contributed by atoms with van der Waals surface area (Å²) in [6.45, 7) is 0. The Balaban J connectivity index is 2.71. The zero-order valence-electron chi connectivity index (χ0n) is 10.9. The molecule has 1 aromatic carbocycles. The molecule has 0 atom stereocenters. The lowest BCUT2D eigenvalue weighted by Gasteiger charge is -2.14. The van der Waals surface area contributed by atoms with Gasteiger partial charge in [0.1, 0.15) is 17.0 Å². The molecule has 0 unspecified atom stereocenters. The van der Waals surface area contributed by atoms with Gasteiger partial charge in [-0.15, -0.1) is 5.10 Å². The van der Waals surface area contributed by atoms with Crippen LogP contribution in [-0.4, -0.2) is 40.7 Å². The third-order valence-electron chi connectivity index (χ3n) is 2.63. The van der Waals surface area contributed by atoms with Gasteiger partial charge in [0.15, 0.2) is 12.0 Å². The van der Waals surface area contributed by atoms with Crippen molar-refractivity contribution in [2.45, 2.75) is 6.18 Å². The predicted octanol–water partition coefficient (Wildman–Crippen LogP) is 1.51. The maximum Gasteiger partial charge on any atom is 0.453 e. The number of nitrogens with zero attached hydrogens (tertiary/aromatic N) is 4. The van der Waals surface area contributed by atoms with E-state index >= 15 is 0 Å². The maximum atomic E-state index is 12.8. The van der Waals surface area contributed by atoms with Crippen molar-refractivity contribution in [3.63, 3.8) is 0 Å². The number of aldehydes is 1. The molecular weight excluding hydrogens is 293 g/mol. The molecule has 0 aliphatic rings. The first kappa shape index (κ1) is 14.8. The van der Waals surface area contributed by atoms with Crippen LogP contribution in [-0.2, 0) is 6.18 Å². The summed E-state index contributed by atoms with van der Waals surface area (Å²) in [5, 5.41) is 9.24. The quantitative estimate of drug-likeness (QED) is 0.797. The van der Waals surface area contributed by atoms with E-state index in [1.54, 1.807) is 0 Å². The van der Waals surface area contributed by atoms with Gasteiger partial charge in [0.25, 0.3) is 5.82 Å². The van der Waals surface area contributed by atoms with E-state index < -0.39 is 12.0 Å². The molecule has 0 spiro atoms. The molecule has 0 fully saturated rings. The number of carbonyl (C=O) groups excluding carboxylic acids is 1. The van der Waals surface area contributed by atoms with Crippen LogP contribution in [0.2, 0.25) is 0 Å². The molecule has 0 saturated carbocycles. The molecule has 112 valence electrons. The monoisotopic (exact) mass is 302 g/mol. The minimum atomic E-state index is -4.75. The van der Waals surface area contributed by atoms with Crippen molar-refractivity contribution in [2.24, 2.45) is 0 Å². The topological polar surface area (TPSA) is 79.1 Å². The summed E-state index contributed by atoms with van der Waals surface area (Å²) in [5.74, 6) is -1.29. The first-order valence-corrected chi connectivity index (χ1v) is 5.50. The number of ether oxygens (including phenoxy) is 2. The van der Waals surface area contributed by atoms with Crippen molar-refractivity contribution in [2.75, 3.05) is 14.2 Å². The molecule has 10 heteroatoms. The summed E-state index contributed by atoms with van der Waals surface area (Å²) < 4.78 is 48.9. The average Bonchev–Trinajstić information content (AvgIpc) is 2.94. The Morgan fingerprint density at radius 2 is 1.95 bits per heavy atom. The summed E-state index contributed by atoms with van der Waals surface area (Å²) in [4.78, 5) is 11.1. The second-order valence-electron chi connectivity index (χ2n) is 3.76. The summed E-state index contributed by atoms with van der Waals surface area (Å²) in [6.07, 6.45) is -4.34. The van der Waals surface area contributed by atoms with Gasteiger partial charge in [0, 0.05) is 0 Å². The van der Waals surface area contributed by atoms with Crippen LogP contribution in [0.15, 0.2) is 12.1 Å². The zero-order chi connectivity index (χ0) is 15.6. The highest BCUT2D eigenvalue weighted by Gasteiger charge is 2.39. The normalized spacial score (nSPS) is 11.3. The van der Waals surface area contributed by atoms with Gasteiger partial charge in [0.05, 0.1) is 14.2 Å². The number of hydrogen-bond donors (Lipinski definition) is 0. The van der Waals surface area contributed by atoms with Crippen molar-refractivity contribution in [1.29, 1.82) is 0 Å². The number of benzene rings is 1. The SMILES string of the molecule is COc1ccc(-n2nnnc2C(F)(F)F)c(OC)c1C=O. The predicted molar refractivity (Wildman–Crippen MR) is 62.6 cm³/mol. The summed E-state index contributed by atoms with van der Waals surface area (Å²) >= 11 is 0. The number of alkyl halides is 3. The van der Waals surface area contributed by atoms with E-state index in [9.17, 15) is 18.0 Å². The molecule has 0 saturated heterocycles. The molecule has 21 heavy (non-hydrogen) atoms. The summed E-state index contributed by atoms with van der Waals surface area (Å²) in [5.41, 5.74) is -0.168. The second kappa shape index (κ2) is 5.38. The minimum Gasteiger partial charge on any atom is -0.496 e. The molecule has 7 nitrogen and oxygen atoms in total. The highest BCUT2D eigenvalue weighted by molar-refractivity contribution is 5.86. The first-order chi connectivity index (χ1) is 9.93. The smallest absolute Gasteiger partial charge is 0.453 e. The summed E-state index contributed by atoms with van der Waals surface area (Å²) in [7, 11) is 2.53. The zero-order valence-corrected chi connectivity index (χ0v) is 10.9. The van der Waals surface area contributed by atoms with Crippen LogP contribution in [0.4, 0.5) is 13.2 Å². The van der Waals surface area contributed by atoms with E-state index in [1.807, 2.05) is 0 Å². The van der Waals surface area contributed by atoms with E-state index in [2.05, 4.69) is 15.5 Å². The molecule has 1 aromatic heterocycles. The van der Waals surface area contributed by atoms with Gasteiger partial charge < -0.3 is 9.47 Å². The fourth-order valence-corrected chi connectivity index (χ4v) is 1.77. The van der Waals surface area contributed by atoms with Crippen molar-refractivity contribution in [1.82, 2.24) is 20.2 Å². The van der Waals surface area contributed by atoms with Gasteiger partial charge in [-0.25, -0.2) is 0 Å². The molecule has 2 rings (SSSR count). The minimum absolute atomic E-state index is 0.0406. The van der Waals surface area contributed by atoms with E-state index in [4.69, 9.17) is 9.47 Å². The van der Waals surface area contributed by atoms with Gasteiger partial charge in [0.2, 0.25) is 0 Å². The van der Waals surface area contributed by atoms with Gasteiger partial charge in [-0.2, -0.15) is 17.9 Å². The van der Waals surface area contributed by atoms with Gasteiger partial charge in [-0.3, -0.25) is 4.79 Å². The lowest BCUT2D eigenvalue weighted by atomic mass is 10.1. The standard InChI is InChI=1S/C11H9F3N4O3/c1-20-8-4-3-7(9(21-2)6(8)5-19)18-10(11(12,13)14)15-16-17-18/h3-5H,1-2H3. The van der Waals surface area contributed by atoms with Crippen LogP contribution < -0.4 is 9.47 Å². The van der Waals surface area contributed by atoms with E-state index in [0.29, 0.717) is 11.0 Å². The Morgan fingerprint density at radius 3 is 2.48 bits per heavy atom. The van der Waals surface area contributed by atoms with E-state index in [0.717, 1.165) is 0 Å². The molecule has 2 aromatic rings. The number of aromatic nitrogens is 4. The third-order valence-corrected chi connectivity index (χ3v) is 2.63. The lowest BCUT2D eigenvalue weighted by Crippen LogP contribution is -2.15. The van der Waals surface area contributed by atoms with Gasteiger partial charge in [-0.1, -0.05) is 0 Å². The molecule has 0 radical (unpaired) electrons. The molecule has 0 amide bonds. The Bertz CT molecular complexity index is 669. The Hall–Kier alpha value is -2.65. The van der Waals surface area contributed by atoms with Crippen molar-refractivity contribution in [3.8, 4) is 17.2 Å². The number of tetrazole rings is 1. The molecule has 0 N–H and O–H groups in total. The lowest BCUT2D eigenvalue weighted by molar-refractivity contribution is -0.146. The van der Waals surface area contributed by atoms with Crippen molar-refractivity contribution >= 4 is 6.29 Å². The molecule has 0 aliphatic heterocycles. The third kappa shape index (κ3) is 2.51. The van der Waals surface area contributed by atoms with Crippen LogP contribution >= 0.6 is 0 Å². The highest BCUT2D eigenvalue weighted by atomic mass is 19.4. The molecule has 0 bridgehead atoms. The number of hydrogen-bond acceptors (Lipinski definition) is 6. The Kier molecular flexibility index (Phi) is 3.78. The summed E-state index contributed by atoms with van der Waals surface area (Å²) in [6, 6.07) is 2.58. The Morgan fingerprint density at radius 1 is 1.24 bits per heavy atom. The largest absolute Gasteiger partial charge is 0.496 e. The van der Waals surface area contributed by atoms with Crippen LogP contribution in [0.1, 0.15) is 16.2 Å². The van der Waals surface area contributed by atoms with Crippen LogP contribution in [0.25, 0.3) is 5.69 Å². The van der Waals surface area contributed by atoms with Crippen molar-refractivity contribution < 1.29 is 27.4 Å². The van der Waals surface area contributed by atoms with E-state index in [1.165, 1.54) is 26.4 Å². The van der Waals surface area contributed by atoms with Crippen molar-refractivity contribution in [3.05, 3.63) is 23.5 Å².